The summed E-state index contributed by atoms with van der Waals surface area (Å²) in [5.41, 5.74) is 3.18. The largest absolute Gasteiger partial charge is 0.459 e. The molecule has 2 amide bonds. The Kier molecular flexibility index (Phi) is 7.18. The third-order valence-corrected chi connectivity index (χ3v) is 5.50. The Hall–Kier alpha value is -4.19. The molecule has 1 heterocycles. The van der Waals surface area contributed by atoms with Crippen molar-refractivity contribution in [2.24, 2.45) is 0 Å². The Morgan fingerprint density at radius 3 is 2.21 bits per heavy atom. The summed E-state index contributed by atoms with van der Waals surface area (Å²) in [5.74, 6) is -0.505. The van der Waals surface area contributed by atoms with Gasteiger partial charge in [0.05, 0.1) is 19.2 Å². The van der Waals surface area contributed by atoms with Gasteiger partial charge in [-0.2, -0.15) is 0 Å². The molecule has 0 saturated carbocycles. The standard InChI is InChI=1S/C28H25FN2O3/c1-30(19-22-7-3-2-4-8-22)27(32)18-21-12-14-25(15-13-21)31(28(33)26-11-6-16-34-26)20-23-9-5-10-24(29)17-23/h2-17H,18-20H2,1H3. The van der Waals surface area contributed by atoms with E-state index in [2.05, 4.69) is 0 Å². The predicted octanol–water partition coefficient (Wildman–Crippen LogP) is 5.47. The van der Waals surface area contributed by atoms with Crippen molar-refractivity contribution in [2.75, 3.05) is 11.9 Å². The van der Waals surface area contributed by atoms with Crippen LogP contribution in [0.25, 0.3) is 0 Å². The normalized spacial score (nSPS) is 10.6. The van der Waals surface area contributed by atoms with Crippen molar-refractivity contribution < 1.29 is 18.4 Å². The highest BCUT2D eigenvalue weighted by molar-refractivity contribution is 6.04. The first-order valence-electron chi connectivity index (χ1n) is 11.0. The van der Waals surface area contributed by atoms with Gasteiger partial charge in [-0.1, -0.05) is 54.6 Å². The molecule has 0 spiro atoms. The lowest BCUT2D eigenvalue weighted by Gasteiger charge is -2.23. The van der Waals surface area contributed by atoms with Gasteiger partial charge in [-0.3, -0.25) is 9.59 Å². The van der Waals surface area contributed by atoms with Gasteiger partial charge in [0.2, 0.25) is 5.91 Å². The smallest absolute Gasteiger partial charge is 0.294 e. The second-order valence-electron chi connectivity index (χ2n) is 8.08. The van der Waals surface area contributed by atoms with Gasteiger partial charge >= 0.3 is 0 Å². The van der Waals surface area contributed by atoms with Crippen LogP contribution in [0.4, 0.5) is 10.1 Å². The number of likely N-dealkylation sites (N-methyl/N-ethyl adjacent to an activating group) is 1. The molecule has 0 fully saturated rings. The fourth-order valence-corrected chi connectivity index (χ4v) is 3.68. The molecule has 0 N–H and O–H groups in total. The molecule has 6 heteroatoms. The molecule has 3 aromatic carbocycles. The molecule has 4 rings (SSSR count). The van der Waals surface area contributed by atoms with Crippen LogP contribution in [-0.4, -0.2) is 23.8 Å². The van der Waals surface area contributed by atoms with Crippen LogP contribution in [0.2, 0.25) is 0 Å². The van der Waals surface area contributed by atoms with Gasteiger partial charge < -0.3 is 14.2 Å². The lowest BCUT2D eigenvalue weighted by atomic mass is 10.1. The van der Waals surface area contributed by atoms with Gasteiger partial charge in [-0.05, 0) is 53.1 Å². The van der Waals surface area contributed by atoms with Crippen molar-refractivity contribution in [3.8, 4) is 0 Å². The molecule has 0 bridgehead atoms. The maximum absolute atomic E-state index is 13.7. The van der Waals surface area contributed by atoms with Crippen LogP contribution >= 0.6 is 0 Å². The van der Waals surface area contributed by atoms with Crippen LogP contribution < -0.4 is 4.90 Å². The Bertz CT molecular complexity index is 1240. The van der Waals surface area contributed by atoms with Crippen LogP contribution in [0, 0.1) is 5.82 Å². The van der Waals surface area contributed by atoms with E-state index in [1.165, 1.54) is 23.3 Å². The van der Waals surface area contributed by atoms with Gasteiger partial charge in [0.15, 0.2) is 5.76 Å². The third kappa shape index (κ3) is 5.78. The van der Waals surface area contributed by atoms with Crippen LogP contribution in [0.5, 0.6) is 0 Å². The van der Waals surface area contributed by atoms with E-state index in [0.717, 1.165) is 11.1 Å². The summed E-state index contributed by atoms with van der Waals surface area (Å²) in [6.07, 6.45) is 1.69. The highest BCUT2D eigenvalue weighted by Crippen LogP contribution is 2.22. The second-order valence-corrected chi connectivity index (χ2v) is 8.08. The van der Waals surface area contributed by atoms with E-state index < -0.39 is 0 Å². The number of rotatable bonds is 8. The van der Waals surface area contributed by atoms with E-state index in [1.54, 1.807) is 48.3 Å². The second kappa shape index (κ2) is 10.6. The van der Waals surface area contributed by atoms with Crippen LogP contribution in [0.1, 0.15) is 27.2 Å². The average Bonchev–Trinajstić information content (AvgIpc) is 3.38. The summed E-state index contributed by atoms with van der Waals surface area (Å²) in [4.78, 5) is 29.0. The van der Waals surface area contributed by atoms with E-state index in [-0.39, 0.29) is 36.4 Å². The Balaban J connectivity index is 1.49. The average molecular weight is 457 g/mol. The minimum absolute atomic E-state index is 0.000109. The van der Waals surface area contributed by atoms with Crippen molar-refractivity contribution in [1.29, 1.82) is 0 Å². The number of carbonyl (C=O) groups excluding carboxylic acids is 2. The minimum atomic E-state index is -0.364. The molecule has 1 aromatic heterocycles. The molecular weight excluding hydrogens is 431 g/mol. The molecule has 0 saturated heterocycles. The third-order valence-electron chi connectivity index (χ3n) is 5.50. The lowest BCUT2D eigenvalue weighted by molar-refractivity contribution is -0.129. The number of furan rings is 1. The topological polar surface area (TPSA) is 53.8 Å². The molecule has 0 aliphatic carbocycles. The van der Waals surface area contributed by atoms with E-state index in [4.69, 9.17) is 4.42 Å². The number of hydrogen-bond acceptors (Lipinski definition) is 3. The van der Waals surface area contributed by atoms with E-state index in [0.29, 0.717) is 17.8 Å². The van der Waals surface area contributed by atoms with Crippen LogP contribution in [-0.2, 0) is 24.3 Å². The summed E-state index contributed by atoms with van der Waals surface area (Å²) in [6.45, 7) is 0.714. The van der Waals surface area contributed by atoms with Crippen molar-refractivity contribution in [1.82, 2.24) is 4.90 Å². The summed E-state index contributed by atoms with van der Waals surface area (Å²) >= 11 is 0. The number of halogens is 1. The van der Waals surface area contributed by atoms with Gasteiger partial charge in [0.25, 0.3) is 5.91 Å². The molecule has 172 valence electrons. The molecule has 0 atom stereocenters. The molecule has 4 aromatic rings. The number of hydrogen-bond donors (Lipinski definition) is 0. The van der Waals surface area contributed by atoms with Crippen molar-refractivity contribution >= 4 is 17.5 Å². The first-order chi connectivity index (χ1) is 16.5. The number of benzene rings is 3. The van der Waals surface area contributed by atoms with E-state index >= 15 is 0 Å². The first-order valence-corrected chi connectivity index (χ1v) is 11.0. The molecule has 0 radical (unpaired) electrons. The summed E-state index contributed by atoms with van der Waals surface area (Å²) < 4.78 is 19.0. The van der Waals surface area contributed by atoms with Gasteiger partial charge in [0, 0.05) is 19.3 Å². The van der Waals surface area contributed by atoms with Crippen molar-refractivity contribution in [2.45, 2.75) is 19.5 Å². The van der Waals surface area contributed by atoms with Gasteiger partial charge in [0.1, 0.15) is 5.82 Å². The summed E-state index contributed by atoms with van der Waals surface area (Å²) in [6, 6.07) is 26.4. The lowest BCUT2D eigenvalue weighted by Crippen LogP contribution is -2.30. The highest BCUT2D eigenvalue weighted by atomic mass is 19.1. The molecule has 34 heavy (non-hydrogen) atoms. The monoisotopic (exact) mass is 456 g/mol. The molecule has 0 aliphatic rings. The van der Waals surface area contributed by atoms with Crippen LogP contribution in [0.3, 0.4) is 0 Å². The van der Waals surface area contributed by atoms with Crippen molar-refractivity contribution in [3.63, 3.8) is 0 Å². The zero-order chi connectivity index (χ0) is 23.9. The van der Waals surface area contributed by atoms with E-state index in [9.17, 15) is 14.0 Å². The fourth-order valence-electron chi connectivity index (χ4n) is 3.68. The van der Waals surface area contributed by atoms with Gasteiger partial charge in [-0.15, -0.1) is 0 Å². The highest BCUT2D eigenvalue weighted by Gasteiger charge is 2.21. The fraction of sp³-hybridized carbons (Fsp3) is 0.143. The maximum atomic E-state index is 13.7. The van der Waals surface area contributed by atoms with Crippen molar-refractivity contribution in [3.05, 3.63) is 126 Å². The Labute approximate surface area is 198 Å². The zero-order valence-corrected chi connectivity index (χ0v) is 18.9. The van der Waals surface area contributed by atoms with Gasteiger partial charge in [-0.25, -0.2) is 4.39 Å². The predicted molar refractivity (Wildman–Crippen MR) is 129 cm³/mol. The quantitative estimate of drug-likeness (QED) is 0.353. The zero-order valence-electron chi connectivity index (χ0n) is 18.9. The number of anilines is 1. The first kappa shape index (κ1) is 23.0. The molecule has 0 unspecified atom stereocenters. The summed E-state index contributed by atoms with van der Waals surface area (Å²) in [5, 5.41) is 0. The molecular formula is C28H25FN2O3. The molecule has 0 aliphatic heterocycles. The number of amides is 2. The van der Waals surface area contributed by atoms with Crippen LogP contribution in [0.15, 0.2) is 102 Å². The number of nitrogens with zero attached hydrogens (tertiary/aromatic N) is 2. The number of carbonyl (C=O) groups is 2. The Morgan fingerprint density at radius 1 is 0.794 bits per heavy atom. The summed E-state index contributed by atoms with van der Waals surface area (Å²) in [7, 11) is 1.78. The maximum Gasteiger partial charge on any atom is 0.294 e. The SMILES string of the molecule is CN(Cc1ccccc1)C(=O)Cc1ccc(N(Cc2cccc(F)c2)C(=O)c2ccco2)cc1. The Morgan fingerprint density at radius 2 is 1.53 bits per heavy atom. The minimum Gasteiger partial charge on any atom is -0.459 e. The van der Waals surface area contributed by atoms with E-state index in [1.807, 2.05) is 42.5 Å². The molecule has 5 nitrogen and oxygen atoms in total.